The molecule has 0 aromatic heterocycles. The third-order valence-electron chi connectivity index (χ3n) is 3.71. The lowest BCUT2D eigenvalue weighted by molar-refractivity contribution is 0.190. The van der Waals surface area contributed by atoms with E-state index in [4.69, 9.17) is 5.73 Å². The summed E-state index contributed by atoms with van der Waals surface area (Å²) in [5.41, 5.74) is 6.86. The van der Waals surface area contributed by atoms with Crippen LogP contribution in [0.4, 0.5) is 16.2 Å². The van der Waals surface area contributed by atoms with Gasteiger partial charge in [0.25, 0.3) is 0 Å². The molecule has 1 heterocycles. The number of amides is 2. The number of nitrogens with zero attached hydrogens (tertiary/aromatic N) is 1. The summed E-state index contributed by atoms with van der Waals surface area (Å²) in [6.45, 7) is 3.36. The SMILES string of the molecule is CC1CC(Nc2cccc(NC(N)=O)c2)CCN1C. The van der Waals surface area contributed by atoms with Gasteiger partial charge in [0.05, 0.1) is 0 Å². The maximum Gasteiger partial charge on any atom is 0.316 e. The molecule has 104 valence electrons. The Hall–Kier alpha value is -1.75. The molecule has 0 saturated carbocycles. The number of primary amides is 1. The summed E-state index contributed by atoms with van der Waals surface area (Å²) >= 11 is 0. The average molecular weight is 262 g/mol. The van der Waals surface area contributed by atoms with E-state index in [1.807, 2.05) is 24.3 Å². The van der Waals surface area contributed by atoms with Crippen molar-refractivity contribution in [3.63, 3.8) is 0 Å². The molecule has 1 aromatic carbocycles. The van der Waals surface area contributed by atoms with Crippen molar-refractivity contribution >= 4 is 17.4 Å². The highest BCUT2D eigenvalue weighted by molar-refractivity contribution is 5.88. The highest BCUT2D eigenvalue weighted by Gasteiger charge is 2.22. The largest absolute Gasteiger partial charge is 0.382 e. The van der Waals surface area contributed by atoms with E-state index >= 15 is 0 Å². The van der Waals surface area contributed by atoms with Gasteiger partial charge in [-0.1, -0.05) is 6.07 Å². The van der Waals surface area contributed by atoms with Crippen molar-refractivity contribution in [1.29, 1.82) is 0 Å². The van der Waals surface area contributed by atoms with E-state index in [1.165, 1.54) is 0 Å². The molecular formula is C14H22N4O. The van der Waals surface area contributed by atoms with E-state index in [2.05, 4.69) is 29.5 Å². The summed E-state index contributed by atoms with van der Waals surface area (Å²) in [5, 5.41) is 6.12. The van der Waals surface area contributed by atoms with Gasteiger partial charge in [0.2, 0.25) is 0 Å². The Bertz CT molecular complexity index is 449. The lowest BCUT2D eigenvalue weighted by Crippen LogP contribution is -2.42. The summed E-state index contributed by atoms with van der Waals surface area (Å²) in [4.78, 5) is 13.2. The molecule has 1 saturated heterocycles. The molecule has 5 heteroatoms. The normalized spacial score (nSPS) is 23.9. The van der Waals surface area contributed by atoms with E-state index in [0.717, 1.165) is 30.8 Å². The second kappa shape index (κ2) is 5.93. The fraction of sp³-hybridized carbons (Fsp3) is 0.500. The number of hydrogen-bond donors (Lipinski definition) is 3. The van der Waals surface area contributed by atoms with Gasteiger partial charge >= 0.3 is 6.03 Å². The van der Waals surface area contributed by atoms with Crippen LogP contribution < -0.4 is 16.4 Å². The van der Waals surface area contributed by atoms with Crippen molar-refractivity contribution in [2.24, 2.45) is 5.73 Å². The van der Waals surface area contributed by atoms with E-state index in [1.54, 1.807) is 0 Å². The van der Waals surface area contributed by atoms with E-state index < -0.39 is 6.03 Å². The number of carbonyl (C=O) groups is 1. The topological polar surface area (TPSA) is 70.4 Å². The first-order valence-corrected chi connectivity index (χ1v) is 6.68. The van der Waals surface area contributed by atoms with Crippen LogP contribution in [0.5, 0.6) is 0 Å². The minimum Gasteiger partial charge on any atom is -0.382 e. The predicted molar refractivity (Wildman–Crippen MR) is 78.4 cm³/mol. The predicted octanol–water partition coefficient (Wildman–Crippen LogP) is 2.07. The summed E-state index contributed by atoms with van der Waals surface area (Å²) in [6.07, 6.45) is 2.26. The van der Waals surface area contributed by atoms with Crippen molar-refractivity contribution in [3.8, 4) is 0 Å². The molecule has 0 radical (unpaired) electrons. The third-order valence-corrected chi connectivity index (χ3v) is 3.71. The molecule has 1 aliphatic rings. The minimum absolute atomic E-state index is 0.482. The van der Waals surface area contributed by atoms with Crippen molar-refractivity contribution in [1.82, 2.24) is 4.90 Å². The van der Waals surface area contributed by atoms with Gasteiger partial charge in [-0.2, -0.15) is 0 Å². The zero-order chi connectivity index (χ0) is 13.8. The zero-order valence-electron chi connectivity index (χ0n) is 11.5. The molecule has 2 atom stereocenters. The fourth-order valence-corrected chi connectivity index (χ4v) is 2.49. The van der Waals surface area contributed by atoms with Crippen molar-refractivity contribution in [2.75, 3.05) is 24.2 Å². The lowest BCUT2D eigenvalue weighted by atomic mass is 9.98. The number of anilines is 2. The Kier molecular flexibility index (Phi) is 4.27. The molecule has 4 N–H and O–H groups in total. The number of nitrogens with two attached hydrogens (primary N) is 1. The van der Waals surface area contributed by atoms with E-state index in [0.29, 0.717) is 12.1 Å². The van der Waals surface area contributed by atoms with Crippen LogP contribution in [0.2, 0.25) is 0 Å². The Labute approximate surface area is 114 Å². The molecule has 0 bridgehead atoms. The number of piperidine rings is 1. The summed E-state index contributed by atoms with van der Waals surface area (Å²) in [7, 11) is 2.16. The van der Waals surface area contributed by atoms with Crippen molar-refractivity contribution in [3.05, 3.63) is 24.3 Å². The molecule has 1 fully saturated rings. The number of rotatable bonds is 3. The third kappa shape index (κ3) is 3.86. The number of urea groups is 1. The average Bonchev–Trinajstić information content (AvgIpc) is 2.33. The number of likely N-dealkylation sites (tertiary alicyclic amines) is 1. The quantitative estimate of drug-likeness (QED) is 0.781. The first-order valence-electron chi connectivity index (χ1n) is 6.68. The fourth-order valence-electron chi connectivity index (χ4n) is 2.49. The maximum absolute atomic E-state index is 10.8. The van der Waals surface area contributed by atoms with Gasteiger partial charge in [0.15, 0.2) is 0 Å². The molecule has 0 spiro atoms. The molecule has 0 aliphatic carbocycles. The summed E-state index contributed by atoms with van der Waals surface area (Å²) < 4.78 is 0. The maximum atomic E-state index is 10.8. The van der Waals surface area contributed by atoms with Crippen LogP contribution in [0, 0.1) is 0 Å². The number of hydrogen-bond acceptors (Lipinski definition) is 3. The van der Waals surface area contributed by atoms with Crippen LogP contribution in [0.1, 0.15) is 19.8 Å². The second-order valence-corrected chi connectivity index (χ2v) is 5.27. The first-order chi connectivity index (χ1) is 9.04. The van der Waals surface area contributed by atoms with Crippen LogP contribution in [0.3, 0.4) is 0 Å². The van der Waals surface area contributed by atoms with Gasteiger partial charge in [-0.15, -0.1) is 0 Å². The summed E-state index contributed by atoms with van der Waals surface area (Å²) in [6, 6.07) is 8.19. The molecular weight excluding hydrogens is 240 g/mol. The molecule has 2 amide bonds. The van der Waals surface area contributed by atoms with Crippen LogP contribution in [0.25, 0.3) is 0 Å². The Morgan fingerprint density at radius 1 is 1.42 bits per heavy atom. The zero-order valence-corrected chi connectivity index (χ0v) is 11.5. The van der Waals surface area contributed by atoms with Crippen LogP contribution in [-0.2, 0) is 0 Å². The minimum atomic E-state index is -0.537. The molecule has 2 rings (SSSR count). The van der Waals surface area contributed by atoms with E-state index in [9.17, 15) is 4.79 Å². The monoisotopic (exact) mass is 262 g/mol. The van der Waals surface area contributed by atoms with Crippen LogP contribution in [0.15, 0.2) is 24.3 Å². The molecule has 1 aliphatic heterocycles. The number of benzene rings is 1. The molecule has 5 nitrogen and oxygen atoms in total. The van der Waals surface area contributed by atoms with Crippen molar-refractivity contribution in [2.45, 2.75) is 31.8 Å². The molecule has 1 aromatic rings. The Balaban J connectivity index is 1.97. The lowest BCUT2D eigenvalue weighted by Gasteiger charge is -2.35. The van der Waals surface area contributed by atoms with Gasteiger partial charge < -0.3 is 21.3 Å². The standard InChI is InChI=1S/C14H22N4O/c1-10-8-13(6-7-18(10)2)16-11-4-3-5-12(9-11)17-14(15)19/h3-5,9-10,13,16H,6-8H2,1-2H3,(H3,15,17,19). The smallest absolute Gasteiger partial charge is 0.316 e. The van der Waals surface area contributed by atoms with Crippen molar-refractivity contribution < 1.29 is 4.79 Å². The van der Waals surface area contributed by atoms with Gasteiger partial charge in [-0.25, -0.2) is 4.79 Å². The first kappa shape index (κ1) is 13.7. The summed E-state index contributed by atoms with van der Waals surface area (Å²) in [5.74, 6) is 0. The van der Waals surface area contributed by atoms with Gasteiger partial charge in [0, 0.05) is 30.0 Å². The Morgan fingerprint density at radius 2 is 2.16 bits per heavy atom. The highest BCUT2D eigenvalue weighted by Crippen LogP contribution is 2.21. The Morgan fingerprint density at radius 3 is 2.84 bits per heavy atom. The molecule has 2 unspecified atom stereocenters. The highest BCUT2D eigenvalue weighted by atomic mass is 16.2. The van der Waals surface area contributed by atoms with Gasteiger partial charge in [-0.3, -0.25) is 0 Å². The second-order valence-electron chi connectivity index (χ2n) is 5.27. The van der Waals surface area contributed by atoms with Crippen LogP contribution >= 0.6 is 0 Å². The van der Waals surface area contributed by atoms with Gasteiger partial charge in [-0.05, 0) is 45.0 Å². The molecule has 19 heavy (non-hydrogen) atoms. The van der Waals surface area contributed by atoms with Crippen LogP contribution in [-0.4, -0.2) is 36.6 Å². The number of carbonyl (C=O) groups excluding carboxylic acids is 1. The van der Waals surface area contributed by atoms with E-state index in [-0.39, 0.29) is 0 Å². The van der Waals surface area contributed by atoms with Gasteiger partial charge in [0.1, 0.15) is 0 Å². The number of nitrogens with one attached hydrogen (secondary N) is 2.